The van der Waals surface area contributed by atoms with Gasteiger partial charge in [0.05, 0.1) is 5.69 Å². The Bertz CT molecular complexity index is 455. The van der Waals surface area contributed by atoms with Crippen LogP contribution < -0.4 is 10.6 Å². The van der Waals surface area contributed by atoms with Crippen LogP contribution in [-0.2, 0) is 22.5 Å². The van der Waals surface area contributed by atoms with Crippen LogP contribution in [0.4, 0.5) is 10.1 Å². The molecule has 1 amide bonds. The van der Waals surface area contributed by atoms with E-state index in [2.05, 4.69) is 10.6 Å². The highest BCUT2D eigenvalue weighted by Crippen LogP contribution is 2.24. The van der Waals surface area contributed by atoms with E-state index in [0.29, 0.717) is 25.1 Å². The predicted octanol–water partition coefficient (Wildman–Crippen LogP) is 1.87. The van der Waals surface area contributed by atoms with Crippen LogP contribution in [0.3, 0.4) is 0 Å². The summed E-state index contributed by atoms with van der Waals surface area (Å²) in [5, 5.41) is 5.72. The van der Waals surface area contributed by atoms with E-state index >= 15 is 0 Å². The van der Waals surface area contributed by atoms with Gasteiger partial charge in [-0.1, -0.05) is 6.07 Å². The summed E-state index contributed by atoms with van der Waals surface area (Å²) in [4.78, 5) is 11.5. The van der Waals surface area contributed by atoms with Gasteiger partial charge in [0.15, 0.2) is 0 Å². The summed E-state index contributed by atoms with van der Waals surface area (Å²) < 4.78 is 19.1. The molecule has 2 N–H and O–H groups in total. The second kappa shape index (κ2) is 7.43. The third kappa shape index (κ3) is 3.89. The van der Waals surface area contributed by atoms with Crippen molar-refractivity contribution < 1.29 is 13.9 Å². The Morgan fingerprint density at radius 2 is 2.32 bits per heavy atom. The van der Waals surface area contributed by atoms with Crippen molar-refractivity contribution in [3.8, 4) is 0 Å². The maximum absolute atomic E-state index is 14.2. The smallest absolute Gasteiger partial charge is 0.250 e. The van der Waals surface area contributed by atoms with Crippen molar-refractivity contribution >= 4 is 24.0 Å². The van der Waals surface area contributed by atoms with E-state index in [1.165, 1.54) is 0 Å². The SMILES string of the molecule is CCOCC(=O)Nc1ccc2c(c1F)CCNC2.Cl. The van der Waals surface area contributed by atoms with Crippen molar-refractivity contribution in [3.63, 3.8) is 0 Å². The Hall–Kier alpha value is -1.17. The van der Waals surface area contributed by atoms with Crippen molar-refractivity contribution in [3.05, 3.63) is 29.1 Å². The van der Waals surface area contributed by atoms with Crippen LogP contribution in [0.2, 0.25) is 0 Å². The molecule has 106 valence electrons. The number of carbonyl (C=O) groups is 1. The third-order valence-corrected chi connectivity index (χ3v) is 2.92. The first-order chi connectivity index (χ1) is 8.72. The van der Waals surface area contributed by atoms with E-state index in [1.807, 2.05) is 6.07 Å². The standard InChI is InChI=1S/C13H17FN2O2.ClH/c1-2-18-8-12(17)16-11-4-3-9-7-15-6-5-10(9)13(11)14;/h3-4,15H,2,5-8H2,1H3,(H,16,17);1H. The fraction of sp³-hybridized carbons (Fsp3) is 0.462. The zero-order valence-corrected chi connectivity index (χ0v) is 11.6. The largest absolute Gasteiger partial charge is 0.372 e. The summed E-state index contributed by atoms with van der Waals surface area (Å²) in [6.07, 6.45) is 0.649. The molecule has 1 aliphatic rings. The first-order valence-corrected chi connectivity index (χ1v) is 6.11. The molecule has 1 aromatic carbocycles. The van der Waals surface area contributed by atoms with Crippen LogP contribution in [0.1, 0.15) is 18.1 Å². The second-order valence-corrected chi connectivity index (χ2v) is 4.18. The van der Waals surface area contributed by atoms with Crippen LogP contribution in [-0.4, -0.2) is 25.7 Å². The lowest BCUT2D eigenvalue weighted by Gasteiger charge is -2.19. The molecule has 0 fully saturated rings. The monoisotopic (exact) mass is 288 g/mol. The minimum Gasteiger partial charge on any atom is -0.372 e. The minimum absolute atomic E-state index is 0. The van der Waals surface area contributed by atoms with Crippen molar-refractivity contribution in [1.82, 2.24) is 5.32 Å². The number of nitrogens with one attached hydrogen (secondary N) is 2. The average Bonchev–Trinajstić information content (AvgIpc) is 2.40. The van der Waals surface area contributed by atoms with Gasteiger partial charge in [0.25, 0.3) is 0 Å². The average molecular weight is 289 g/mol. The zero-order chi connectivity index (χ0) is 13.0. The third-order valence-electron chi connectivity index (χ3n) is 2.92. The number of rotatable bonds is 4. The first-order valence-electron chi connectivity index (χ1n) is 6.11. The number of hydrogen-bond donors (Lipinski definition) is 2. The maximum atomic E-state index is 14.2. The fourth-order valence-corrected chi connectivity index (χ4v) is 2.01. The summed E-state index contributed by atoms with van der Waals surface area (Å²) in [7, 11) is 0. The Labute approximate surface area is 118 Å². The van der Waals surface area contributed by atoms with E-state index in [9.17, 15) is 9.18 Å². The number of halogens is 2. The minimum atomic E-state index is -0.329. The Morgan fingerprint density at radius 1 is 1.53 bits per heavy atom. The highest BCUT2D eigenvalue weighted by molar-refractivity contribution is 5.92. The van der Waals surface area contributed by atoms with Gasteiger partial charge in [-0.25, -0.2) is 4.39 Å². The molecule has 19 heavy (non-hydrogen) atoms. The van der Waals surface area contributed by atoms with Crippen molar-refractivity contribution in [2.45, 2.75) is 19.9 Å². The zero-order valence-electron chi connectivity index (χ0n) is 10.8. The molecule has 0 spiro atoms. The van der Waals surface area contributed by atoms with E-state index in [1.54, 1.807) is 13.0 Å². The Balaban J connectivity index is 0.00000180. The fourth-order valence-electron chi connectivity index (χ4n) is 2.01. The highest BCUT2D eigenvalue weighted by Gasteiger charge is 2.17. The highest BCUT2D eigenvalue weighted by atomic mass is 35.5. The quantitative estimate of drug-likeness (QED) is 0.889. The van der Waals surface area contributed by atoms with Gasteiger partial charge in [0.1, 0.15) is 12.4 Å². The van der Waals surface area contributed by atoms with Crippen LogP contribution >= 0.6 is 12.4 Å². The van der Waals surface area contributed by atoms with Gasteiger partial charge in [0, 0.05) is 13.2 Å². The summed E-state index contributed by atoms with van der Waals surface area (Å²) in [6, 6.07) is 3.45. The van der Waals surface area contributed by atoms with E-state index in [0.717, 1.165) is 12.1 Å². The molecule has 0 aliphatic carbocycles. The molecule has 0 bridgehead atoms. The van der Waals surface area contributed by atoms with Crippen LogP contribution in [0.25, 0.3) is 0 Å². The lowest BCUT2D eigenvalue weighted by atomic mass is 9.99. The van der Waals surface area contributed by atoms with Gasteiger partial charge >= 0.3 is 0 Å². The molecule has 2 rings (SSSR count). The van der Waals surface area contributed by atoms with Gasteiger partial charge in [-0.3, -0.25) is 4.79 Å². The van der Waals surface area contributed by atoms with Crippen LogP contribution in [0.15, 0.2) is 12.1 Å². The number of anilines is 1. The molecule has 0 atom stereocenters. The molecule has 0 saturated heterocycles. The van der Waals surface area contributed by atoms with Gasteiger partial charge in [-0.15, -0.1) is 12.4 Å². The van der Waals surface area contributed by atoms with Gasteiger partial charge in [-0.2, -0.15) is 0 Å². The van der Waals surface area contributed by atoms with Gasteiger partial charge in [0.2, 0.25) is 5.91 Å². The summed E-state index contributed by atoms with van der Waals surface area (Å²) >= 11 is 0. The molecule has 0 aromatic heterocycles. The Morgan fingerprint density at radius 3 is 3.05 bits per heavy atom. The number of carbonyl (C=O) groups excluding carboxylic acids is 1. The predicted molar refractivity (Wildman–Crippen MR) is 74.2 cm³/mol. The molecule has 6 heteroatoms. The number of benzene rings is 1. The maximum Gasteiger partial charge on any atom is 0.250 e. The molecule has 0 saturated carbocycles. The summed E-state index contributed by atoms with van der Waals surface area (Å²) in [5.41, 5.74) is 1.89. The summed E-state index contributed by atoms with van der Waals surface area (Å²) in [5.74, 6) is -0.650. The lowest BCUT2D eigenvalue weighted by molar-refractivity contribution is -0.120. The molecule has 0 unspecified atom stereocenters. The molecule has 1 heterocycles. The van der Waals surface area contributed by atoms with Crippen LogP contribution in [0.5, 0.6) is 0 Å². The van der Waals surface area contributed by atoms with Gasteiger partial charge < -0.3 is 15.4 Å². The molecular weight excluding hydrogens is 271 g/mol. The normalized spacial score (nSPS) is 13.4. The van der Waals surface area contributed by atoms with E-state index in [4.69, 9.17) is 4.74 Å². The molecule has 0 radical (unpaired) electrons. The number of fused-ring (bicyclic) bond motifs is 1. The van der Waals surface area contributed by atoms with Crippen molar-refractivity contribution in [2.24, 2.45) is 0 Å². The van der Waals surface area contributed by atoms with Crippen molar-refractivity contribution in [2.75, 3.05) is 25.1 Å². The molecule has 4 nitrogen and oxygen atoms in total. The topological polar surface area (TPSA) is 50.4 Å². The lowest BCUT2D eigenvalue weighted by Crippen LogP contribution is -2.25. The van der Waals surface area contributed by atoms with Crippen molar-refractivity contribution in [1.29, 1.82) is 0 Å². The number of hydrogen-bond acceptors (Lipinski definition) is 3. The Kier molecular flexibility index (Phi) is 6.21. The second-order valence-electron chi connectivity index (χ2n) is 4.18. The molecule has 1 aliphatic heterocycles. The molecular formula is C13H18ClFN2O2. The van der Waals surface area contributed by atoms with E-state index in [-0.39, 0.29) is 36.4 Å². The number of ether oxygens (including phenoxy) is 1. The van der Waals surface area contributed by atoms with Gasteiger partial charge in [-0.05, 0) is 37.1 Å². The van der Waals surface area contributed by atoms with Crippen LogP contribution in [0, 0.1) is 5.82 Å². The number of amides is 1. The summed E-state index contributed by atoms with van der Waals surface area (Å²) in [6.45, 7) is 3.67. The molecule has 1 aromatic rings. The van der Waals surface area contributed by atoms with E-state index < -0.39 is 0 Å². The first kappa shape index (κ1) is 15.9.